The fraction of sp³-hybridized carbons (Fsp3) is 0.154. The average molecular weight is 271 g/mol. The van der Waals surface area contributed by atoms with Crippen LogP contribution in [0.15, 0.2) is 40.2 Å². The zero-order chi connectivity index (χ0) is 14.4. The first-order chi connectivity index (χ1) is 9.52. The summed E-state index contributed by atoms with van der Waals surface area (Å²) in [6.07, 6.45) is 1.50. The number of nitrogens with two attached hydrogens (primary N) is 1. The van der Waals surface area contributed by atoms with E-state index in [1.54, 1.807) is 23.7 Å². The molecule has 0 saturated carbocycles. The number of hydrogen-bond acceptors (Lipinski definition) is 4. The Balaban J connectivity index is 2.50. The molecule has 2 heterocycles. The van der Waals surface area contributed by atoms with E-state index in [1.165, 1.54) is 17.9 Å². The van der Waals surface area contributed by atoms with Gasteiger partial charge < -0.3 is 5.73 Å². The molecule has 0 aliphatic heterocycles. The Bertz CT molecular complexity index is 932. The highest BCUT2D eigenvalue weighted by Crippen LogP contribution is 2.19. The van der Waals surface area contributed by atoms with E-state index in [-0.39, 0.29) is 0 Å². The van der Waals surface area contributed by atoms with Gasteiger partial charge in [0.05, 0.1) is 11.4 Å². The molecule has 0 spiro atoms. The topological polar surface area (TPSA) is 87.8 Å². The van der Waals surface area contributed by atoms with E-state index in [0.717, 1.165) is 4.57 Å². The molecule has 7 heteroatoms. The van der Waals surface area contributed by atoms with Crippen LogP contribution in [0.1, 0.15) is 0 Å². The standard InChI is InChI=1S/C13H13N5O2/c1-16-11-10(12(19)17(2)13(16)20)18(7-15-11)9-6-4-3-5-8(9)14/h3-7H,14H2,1-2H3. The maximum atomic E-state index is 12.3. The molecular formula is C13H13N5O2. The number of anilines is 1. The van der Waals surface area contributed by atoms with Crippen molar-refractivity contribution in [3.05, 3.63) is 51.4 Å². The molecule has 7 nitrogen and oxygen atoms in total. The van der Waals surface area contributed by atoms with Crippen LogP contribution in [0.25, 0.3) is 16.9 Å². The fourth-order valence-corrected chi connectivity index (χ4v) is 2.23. The molecule has 0 amide bonds. The smallest absolute Gasteiger partial charge is 0.332 e. The van der Waals surface area contributed by atoms with Crippen LogP contribution in [0.2, 0.25) is 0 Å². The van der Waals surface area contributed by atoms with Gasteiger partial charge in [0.25, 0.3) is 5.56 Å². The summed E-state index contributed by atoms with van der Waals surface area (Å²) in [5.41, 5.74) is 6.97. The Morgan fingerprint density at radius 2 is 1.80 bits per heavy atom. The molecule has 1 aromatic carbocycles. The van der Waals surface area contributed by atoms with Crippen molar-refractivity contribution in [2.24, 2.45) is 14.1 Å². The Morgan fingerprint density at radius 3 is 2.50 bits per heavy atom. The second-order valence-electron chi connectivity index (χ2n) is 4.55. The van der Waals surface area contributed by atoms with Crippen LogP contribution in [-0.2, 0) is 14.1 Å². The number of aromatic nitrogens is 4. The number of nitrogen functional groups attached to an aromatic ring is 1. The lowest BCUT2D eigenvalue weighted by molar-refractivity contribution is 0.707. The van der Waals surface area contributed by atoms with Gasteiger partial charge in [-0.05, 0) is 12.1 Å². The zero-order valence-electron chi connectivity index (χ0n) is 11.1. The number of imidazole rings is 1. The van der Waals surface area contributed by atoms with Gasteiger partial charge in [-0.25, -0.2) is 9.78 Å². The molecule has 0 saturated heterocycles. The minimum Gasteiger partial charge on any atom is -0.397 e. The van der Waals surface area contributed by atoms with Crippen LogP contribution >= 0.6 is 0 Å². The molecule has 0 unspecified atom stereocenters. The highest BCUT2D eigenvalue weighted by atomic mass is 16.2. The third-order valence-electron chi connectivity index (χ3n) is 3.34. The number of benzene rings is 1. The number of aryl methyl sites for hydroxylation is 1. The third-order valence-corrected chi connectivity index (χ3v) is 3.34. The molecule has 0 radical (unpaired) electrons. The fourth-order valence-electron chi connectivity index (χ4n) is 2.23. The number of rotatable bonds is 1. The van der Waals surface area contributed by atoms with Crippen molar-refractivity contribution in [1.29, 1.82) is 0 Å². The summed E-state index contributed by atoms with van der Waals surface area (Å²) in [6, 6.07) is 7.17. The van der Waals surface area contributed by atoms with E-state index in [2.05, 4.69) is 4.98 Å². The maximum Gasteiger partial charge on any atom is 0.332 e. The second-order valence-corrected chi connectivity index (χ2v) is 4.55. The van der Waals surface area contributed by atoms with E-state index in [1.807, 2.05) is 12.1 Å². The number of fused-ring (bicyclic) bond motifs is 1. The van der Waals surface area contributed by atoms with Crippen LogP contribution in [0, 0.1) is 0 Å². The number of hydrogen-bond donors (Lipinski definition) is 1. The highest BCUT2D eigenvalue weighted by Gasteiger charge is 2.15. The summed E-state index contributed by atoms with van der Waals surface area (Å²) >= 11 is 0. The molecule has 20 heavy (non-hydrogen) atoms. The van der Waals surface area contributed by atoms with Gasteiger partial charge in [-0.1, -0.05) is 12.1 Å². The molecule has 0 atom stereocenters. The molecule has 0 aliphatic carbocycles. The first kappa shape index (κ1) is 12.2. The Labute approximate surface area is 113 Å². The van der Waals surface area contributed by atoms with Crippen LogP contribution in [-0.4, -0.2) is 18.7 Å². The molecule has 2 aromatic heterocycles. The van der Waals surface area contributed by atoms with Crippen molar-refractivity contribution in [3.63, 3.8) is 0 Å². The first-order valence-electron chi connectivity index (χ1n) is 6.00. The predicted molar refractivity (Wildman–Crippen MR) is 76.0 cm³/mol. The van der Waals surface area contributed by atoms with Crippen molar-refractivity contribution in [1.82, 2.24) is 18.7 Å². The summed E-state index contributed by atoms with van der Waals surface area (Å²) in [5, 5.41) is 0. The van der Waals surface area contributed by atoms with Crippen molar-refractivity contribution in [3.8, 4) is 5.69 Å². The van der Waals surface area contributed by atoms with Crippen molar-refractivity contribution in [2.75, 3.05) is 5.73 Å². The van der Waals surface area contributed by atoms with Gasteiger partial charge in [-0.2, -0.15) is 0 Å². The molecular weight excluding hydrogens is 258 g/mol. The zero-order valence-corrected chi connectivity index (χ0v) is 11.1. The van der Waals surface area contributed by atoms with Crippen molar-refractivity contribution in [2.45, 2.75) is 0 Å². The molecule has 3 rings (SSSR count). The summed E-state index contributed by atoms with van der Waals surface area (Å²) < 4.78 is 4.00. The van der Waals surface area contributed by atoms with E-state index in [0.29, 0.717) is 22.5 Å². The van der Waals surface area contributed by atoms with E-state index in [4.69, 9.17) is 5.73 Å². The SMILES string of the molecule is Cn1c(=O)c2c(ncn2-c2ccccc2N)n(C)c1=O. The average Bonchev–Trinajstić information content (AvgIpc) is 2.88. The number of nitrogens with zero attached hydrogens (tertiary/aromatic N) is 4. The van der Waals surface area contributed by atoms with Crippen LogP contribution in [0.5, 0.6) is 0 Å². The lowest BCUT2D eigenvalue weighted by Crippen LogP contribution is -2.37. The summed E-state index contributed by atoms with van der Waals surface area (Å²) in [5.74, 6) is 0. The molecule has 0 fully saturated rings. The quantitative estimate of drug-likeness (QED) is 0.631. The lowest BCUT2D eigenvalue weighted by atomic mass is 10.2. The van der Waals surface area contributed by atoms with Gasteiger partial charge >= 0.3 is 5.69 Å². The summed E-state index contributed by atoms with van der Waals surface area (Å²) in [4.78, 5) is 28.3. The highest BCUT2D eigenvalue weighted by molar-refractivity contribution is 5.75. The van der Waals surface area contributed by atoms with Crippen molar-refractivity contribution < 1.29 is 0 Å². The monoisotopic (exact) mass is 271 g/mol. The molecule has 0 bridgehead atoms. The first-order valence-corrected chi connectivity index (χ1v) is 6.00. The van der Waals surface area contributed by atoms with Gasteiger partial charge in [-0.15, -0.1) is 0 Å². The normalized spacial score (nSPS) is 11.1. The Kier molecular flexibility index (Phi) is 2.50. The third kappa shape index (κ3) is 1.49. The van der Waals surface area contributed by atoms with Gasteiger partial charge in [0, 0.05) is 14.1 Å². The van der Waals surface area contributed by atoms with Gasteiger partial charge in [0.15, 0.2) is 11.2 Å². The van der Waals surface area contributed by atoms with E-state index in [9.17, 15) is 9.59 Å². The van der Waals surface area contributed by atoms with Crippen LogP contribution in [0.4, 0.5) is 5.69 Å². The molecule has 0 aliphatic rings. The molecule has 3 aromatic rings. The Hall–Kier alpha value is -2.83. The number of para-hydroxylation sites is 2. The van der Waals surface area contributed by atoms with Gasteiger partial charge in [0.1, 0.15) is 6.33 Å². The second kappa shape index (κ2) is 4.09. The van der Waals surface area contributed by atoms with Gasteiger partial charge in [0.2, 0.25) is 0 Å². The largest absolute Gasteiger partial charge is 0.397 e. The minimum atomic E-state index is -0.409. The Morgan fingerprint density at radius 1 is 1.10 bits per heavy atom. The van der Waals surface area contributed by atoms with E-state index >= 15 is 0 Å². The van der Waals surface area contributed by atoms with Gasteiger partial charge in [-0.3, -0.25) is 18.5 Å². The predicted octanol–water partition coefficient (Wildman–Crippen LogP) is 0.00510. The summed E-state index contributed by atoms with van der Waals surface area (Å²) in [6.45, 7) is 0. The molecule has 2 N–H and O–H groups in total. The summed E-state index contributed by atoms with van der Waals surface area (Å²) in [7, 11) is 3.02. The van der Waals surface area contributed by atoms with E-state index < -0.39 is 11.2 Å². The minimum absolute atomic E-state index is 0.326. The van der Waals surface area contributed by atoms with Crippen LogP contribution < -0.4 is 17.0 Å². The molecule has 102 valence electrons. The van der Waals surface area contributed by atoms with Crippen LogP contribution in [0.3, 0.4) is 0 Å². The van der Waals surface area contributed by atoms with Crippen molar-refractivity contribution >= 4 is 16.9 Å². The maximum absolute atomic E-state index is 12.3. The lowest BCUT2D eigenvalue weighted by Gasteiger charge is -2.08.